The van der Waals surface area contributed by atoms with Crippen LogP contribution in [0.25, 0.3) is 0 Å². The zero-order valence-electron chi connectivity index (χ0n) is 22.8. The first kappa shape index (κ1) is 27.3. The summed E-state index contributed by atoms with van der Waals surface area (Å²) in [4.78, 5) is 14.8. The van der Waals surface area contributed by atoms with Crippen molar-refractivity contribution in [2.45, 2.75) is 96.6 Å². The third kappa shape index (κ3) is 5.43. The predicted octanol–water partition coefficient (Wildman–Crippen LogP) is 7.50. The Kier molecular flexibility index (Phi) is 7.50. The van der Waals surface area contributed by atoms with Gasteiger partial charge in [0.05, 0.1) is 17.7 Å². The number of anilines is 1. The van der Waals surface area contributed by atoms with Gasteiger partial charge in [0.1, 0.15) is 0 Å². The first-order chi connectivity index (χ1) is 16.1. The summed E-state index contributed by atoms with van der Waals surface area (Å²) in [6.07, 6.45) is 0.983. The molecule has 1 heterocycles. The van der Waals surface area contributed by atoms with Gasteiger partial charge in [0.2, 0.25) is 0 Å². The minimum Gasteiger partial charge on any atom is -0.465 e. The number of rotatable bonds is 6. The molecule has 2 aromatic carbocycles. The van der Waals surface area contributed by atoms with Gasteiger partial charge in [-0.1, -0.05) is 84.0 Å². The van der Waals surface area contributed by atoms with E-state index in [4.69, 9.17) is 10.2 Å². The molecule has 0 unspecified atom stereocenters. The Balaban J connectivity index is 2.12. The Morgan fingerprint density at radius 2 is 1.66 bits per heavy atom. The number of likely N-dealkylation sites (tertiary alicyclic amines) is 1. The highest BCUT2D eigenvalue weighted by molar-refractivity contribution is 6.74. The molecule has 1 amide bonds. The molecular formula is C29H44N2O3Si. The molecule has 6 heteroatoms. The molecule has 35 heavy (non-hydrogen) atoms. The second-order valence-electron chi connectivity index (χ2n) is 12.7. The molecule has 1 aliphatic heterocycles. The van der Waals surface area contributed by atoms with Crippen molar-refractivity contribution in [2.75, 3.05) is 5.73 Å². The molecule has 0 radical (unpaired) electrons. The van der Waals surface area contributed by atoms with Crippen LogP contribution >= 0.6 is 0 Å². The highest BCUT2D eigenvalue weighted by atomic mass is 28.4. The van der Waals surface area contributed by atoms with Crippen molar-refractivity contribution >= 4 is 20.1 Å². The van der Waals surface area contributed by atoms with Gasteiger partial charge < -0.3 is 15.3 Å². The fraction of sp³-hybridized carbons (Fsp3) is 0.552. The maximum Gasteiger partial charge on any atom is 0.408 e. The molecule has 1 fully saturated rings. The SMILES string of the molecule is CC(C)(C)[C@]1(Cc2ccc(N)cc2)CC[C@H]([C@H](O[Si](C)(C)C(C)(C)C)c2ccccc2)N1C(=O)O. The van der Waals surface area contributed by atoms with Crippen LogP contribution in [0.1, 0.15) is 71.6 Å². The summed E-state index contributed by atoms with van der Waals surface area (Å²) in [6.45, 7) is 17.7. The predicted molar refractivity (Wildman–Crippen MR) is 147 cm³/mol. The van der Waals surface area contributed by atoms with Crippen molar-refractivity contribution in [1.29, 1.82) is 0 Å². The summed E-state index contributed by atoms with van der Waals surface area (Å²) in [6, 6.07) is 17.8. The number of benzene rings is 2. The van der Waals surface area contributed by atoms with E-state index >= 15 is 0 Å². The maximum absolute atomic E-state index is 13.1. The summed E-state index contributed by atoms with van der Waals surface area (Å²) in [5.41, 5.74) is 7.95. The largest absolute Gasteiger partial charge is 0.465 e. The third-order valence-electron chi connectivity index (χ3n) is 8.43. The zero-order chi connectivity index (χ0) is 26.2. The van der Waals surface area contributed by atoms with Crippen molar-refractivity contribution in [3.05, 3.63) is 65.7 Å². The lowest BCUT2D eigenvalue weighted by Gasteiger charge is -2.50. The minimum atomic E-state index is -2.19. The molecule has 2 aromatic rings. The van der Waals surface area contributed by atoms with E-state index in [-0.39, 0.29) is 22.6 Å². The number of nitrogens with two attached hydrogens (primary N) is 1. The normalized spacial score (nSPS) is 22.3. The second kappa shape index (κ2) is 9.62. The van der Waals surface area contributed by atoms with Gasteiger partial charge in [-0.15, -0.1) is 0 Å². The van der Waals surface area contributed by atoms with E-state index in [0.717, 1.165) is 24.0 Å². The molecular weight excluding hydrogens is 452 g/mol. The Labute approximate surface area is 212 Å². The van der Waals surface area contributed by atoms with Crippen LogP contribution in [0.15, 0.2) is 54.6 Å². The molecule has 0 aliphatic carbocycles. The molecule has 3 rings (SSSR count). The van der Waals surface area contributed by atoms with E-state index in [1.165, 1.54) is 0 Å². The van der Waals surface area contributed by atoms with E-state index in [1.54, 1.807) is 4.90 Å². The van der Waals surface area contributed by atoms with Crippen LogP contribution in [0, 0.1) is 5.41 Å². The van der Waals surface area contributed by atoms with Gasteiger partial charge in [-0.25, -0.2) is 4.79 Å². The number of carbonyl (C=O) groups is 1. The Bertz CT molecular complexity index is 1010. The molecule has 0 bridgehead atoms. The molecule has 0 saturated carbocycles. The summed E-state index contributed by atoms with van der Waals surface area (Å²) in [5.74, 6) is 0. The van der Waals surface area contributed by atoms with Gasteiger partial charge >= 0.3 is 6.09 Å². The lowest BCUT2D eigenvalue weighted by Crippen LogP contribution is -2.60. The molecule has 0 aromatic heterocycles. The van der Waals surface area contributed by atoms with E-state index in [9.17, 15) is 9.90 Å². The fourth-order valence-corrected chi connectivity index (χ4v) is 6.50. The average Bonchev–Trinajstić information content (AvgIpc) is 3.14. The molecule has 1 saturated heterocycles. The lowest BCUT2D eigenvalue weighted by molar-refractivity contribution is -0.0148. The van der Waals surface area contributed by atoms with E-state index in [1.807, 2.05) is 42.5 Å². The van der Waals surface area contributed by atoms with Gasteiger partial charge in [-0.2, -0.15) is 0 Å². The number of nitrogen functional groups attached to an aromatic ring is 1. The molecule has 1 aliphatic rings. The van der Waals surface area contributed by atoms with Crippen LogP contribution in [0.3, 0.4) is 0 Å². The first-order valence-electron chi connectivity index (χ1n) is 12.7. The summed E-state index contributed by atoms with van der Waals surface area (Å²) >= 11 is 0. The van der Waals surface area contributed by atoms with Gasteiger partial charge in [0.25, 0.3) is 0 Å². The van der Waals surface area contributed by atoms with E-state index in [2.05, 4.69) is 66.8 Å². The summed E-state index contributed by atoms with van der Waals surface area (Å²) in [7, 11) is -2.19. The number of hydrogen-bond acceptors (Lipinski definition) is 3. The van der Waals surface area contributed by atoms with Crippen LogP contribution in [0.2, 0.25) is 18.1 Å². The molecule has 5 nitrogen and oxygen atoms in total. The average molecular weight is 497 g/mol. The number of carboxylic acid groups (broad SMARTS) is 1. The maximum atomic E-state index is 13.1. The van der Waals surface area contributed by atoms with E-state index in [0.29, 0.717) is 12.1 Å². The quantitative estimate of drug-likeness (QED) is 0.321. The monoisotopic (exact) mass is 496 g/mol. The highest BCUT2D eigenvalue weighted by Gasteiger charge is 2.58. The van der Waals surface area contributed by atoms with Crippen LogP contribution in [-0.4, -0.2) is 36.0 Å². The van der Waals surface area contributed by atoms with Crippen molar-refractivity contribution in [3.8, 4) is 0 Å². The number of amides is 1. The van der Waals surface area contributed by atoms with Crippen molar-refractivity contribution in [3.63, 3.8) is 0 Å². The topological polar surface area (TPSA) is 75.8 Å². The van der Waals surface area contributed by atoms with Gasteiger partial charge in [0.15, 0.2) is 8.32 Å². The van der Waals surface area contributed by atoms with Crippen molar-refractivity contribution < 1.29 is 14.3 Å². The third-order valence-corrected chi connectivity index (χ3v) is 12.9. The summed E-state index contributed by atoms with van der Waals surface area (Å²) in [5, 5.41) is 10.7. The van der Waals surface area contributed by atoms with Crippen molar-refractivity contribution in [1.82, 2.24) is 4.90 Å². The van der Waals surface area contributed by atoms with Gasteiger partial charge in [-0.05, 0) is 66.1 Å². The van der Waals surface area contributed by atoms with Crippen LogP contribution < -0.4 is 5.73 Å². The van der Waals surface area contributed by atoms with Gasteiger partial charge in [-0.3, -0.25) is 4.90 Å². The van der Waals surface area contributed by atoms with Gasteiger partial charge in [0, 0.05) is 5.69 Å². The first-order valence-corrected chi connectivity index (χ1v) is 15.6. The Morgan fingerprint density at radius 1 is 1.09 bits per heavy atom. The molecule has 3 N–H and O–H groups in total. The minimum absolute atomic E-state index is 0.0117. The van der Waals surface area contributed by atoms with Crippen LogP contribution in [-0.2, 0) is 10.8 Å². The molecule has 192 valence electrons. The highest BCUT2D eigenvalue weighted by Crippen LogP contribution is 2.52. The van der Waals surface area contributed by atoms with E-state index < -0.39 is 19.9 Å². The number of nitrogens with zero attached hydrogens (tertiary/aromatic N) is 1. The standard InChI is InChI=1S/C29H44N2O3Si/c1-27(2,3)29(20-21-14-16-23(30)17-15-21)19-18-24(31(29)26(32)33)25(22-12-10-9-11-13-22)34-35(7,8)28(4,5)6/h9-17,24-25H,18-20,30H2,1-8H3,(H,32,33)/t24-,25-,29-/m1/s1. The Morgan fingerprint density at radius 3 is 2.14 bits per heavy atom. The van der Waals surface area contributed by atoms with Crippen LogP contribution in [0.5, 0.6) is 0 Å². The van der Waals surface area contributed by atoms with Crippen LogP contribution in [0.4, 0.5) is 10.5 Å². The number of hydrogen-bond donors (Lipinski definition) is 2. The Hall–Kier alpha value is -2.31. The fourth-order valence-electron chi connectivity index (χ4n) is 5.22. The smallest absolute Gasteiger partial charge is 0.408 e. The lowest BCUT2D eigenvalue weighted by atomic mass is 9.68. The zero-order valence-corrected chi connectivity index (χ0v) is 23.8. The summed E-state index contributed by atoms with van der Waals surface area (Å²) < 4.78 is 7.04. The van der Waals surface area contributed by atoms with Crippen molar-refractivity contribution in [2.24, 2.45) is 5.41 Å². The molecule has 0 spiro atoms. The second-order valence-corrected chi connectivity index (χ2v) is 17.4. The molecule has 3 atom stereocenters.